The lowest BCUT2D eigenvalue weighted by Crippen LogP contribution is -2.12. The van der Waals surface area contributed by atoms with Gasteiger partial charge < -0.3 is 15.4 Å². The van der Waals surface area contributed by atoms with E-state index in [1.165, 1.54) is 30.5 Å². The monoisotopic (exact) mass is 415 g/mol. The fraction of sp³-hybridized carbons (Fsp3) is 0.182. The molecule has 3 aromatic rings. The van der Waals surface area contributed by atoms with Crippen LogP contribution in [0.15, 0.2) is 60.8 Å². The van der Waals surface area contributed by atoms with Gasteiger partial charge in [0.05, 0.1) is 11.9 Å². The summed E-state index contributed by atoms with van der Waals surface area (Å²) in [6.07, 6.45) is -4.05. The molecule has 0 radical (unpaired) electrons. The van der Waals surface area contributed by atoms with Crippen molar-refractivity contribution in [3.8, 4) is 11.6 Å². The molecule has 5 nitrogen and oxygen atoms in total. The van der Waals surface area contributed by atoms with Crippen molar-refractivity contribution in [3.05, 3.63) is 77.5 Å². The minimum Gasteiger partial charge on any atom is -0.439 e. The van der Waals surface area contributed by atoms with Crippen molar-refractivity contribution in [1.82, 2.24) is 4.98 Å². The molecule has 30 heavy (non-hydrogen) atoms. The summed E-state index contributed by atoms with van der Waals surface area (Å²) in [6.45, 7) is 1.92. The van der Waals surface area contributed by atoms with Gasteiger partial charge in [-0.25, -0.2) is 18.2 Å². The summed E-state index contributed by atoms with van der Waals surface area (Å²) < 4.78 is 43.9. The van der Waals surface area contributed by atoms with E-state index in [2.05, 4.69) is 15.6 Å². The maximum atomic E-state index is 13.3. The van der Waals surface area contributed by atoms with Crippen molar-refractivity contribution in [2.24, 2.45) is 0 Å². The number of aryl methyl sites for hydroxylation is 1. The lowest BCUT2D eigenvalue weighted by molar-refractivity contribution is 0.0496. The first-order chi connectivity index (χ1) is 14.4. The van der Waals surface area contributed by atoms with Crippen molar-refractivity contribution in [1.29, 1.82) is 0 Å². The molecule has 1 amide bonds. The van der Waals surface area contributed by atoms with Crippen molar-refractivity contribution < 1.29 is 22.7 Å². The molecule has 1 heterocycles. The first-order valence-corrected chi connectivity index (χ1v) is 9.13. The van der Waals surface area contributed by atoms with Crippen molar-refractivity contribution in [2.75, 3.05) is 17.7 Å². The van der Waals surface area contributed by atoms with Crippen LogP contribution in [0.2, 0.25) is 0 Å². The molecule has 0 bridgehead atoms. The van der Waals surface area contributed by atoms with Crippen LogP contribution in [-0.4, -0.2) is 24.4 Å². The molecule has 0 saturated carbocycles. The Hall–Kier alpha value is -3.55. The summed E-state index contributed by atoms with van der Waals surface area (Å²) >= 11 is 0. The summed E-state index contributed by atoms with van der Waals surface area (Å²) in [7, 11) is 1.83. The summed E-state index contributed by atoms with van der Waals surface area (Å²) in [5.74, 6) is 0.551. The number of carbonyl (C=O) groups excluding carboxylic acids is 1. The van der Waals surface area contributed by atoms with Gasteiger partial charge in [0.25, 0.3) is 12.3 Å². The predicted molar refractivity (Wildman–Crippen MR) is 109 cm³/mol. The Labute approximate surface area is 171 Å². The average Bonchev–Trinajstić information content (AvgIpc) is 2.75. The molecule has 1 unspecified atom stereocenters. The fourth-order valence-corrected chi connectivity index (χ4v) is 2.71. The van der Waals surface area contributed by atoms with Crippen LogP contribution in [0, 0.1) is 6.92 Å². The number of ether oxygens (including phenoxy) is 1. The number of hydrogen-bond donors (Lipinski definition) is 2. The molecule has 0 saturated heterocycles. The highest BCUT2D eigenvalue weighted by Gasteiger charge is 2.21. The van der Waals surface area contributed by atoms with Gasteiger partial charge in [0.15, 0.2) is 6.17 Å². The predicted octanol–water partition coefficient (Wildman–Crippen LogP) is 5.75. The lowest BCUT2D eigenvalue weighted by atomic mass is 10.1. The second-order valence-electron chi connectivity index (χ2n) is 6.53. The van der Waals surface area contributed by atoms with Crippen molar-refractivity contribution >= 4 is 17.3 Å². The Morgan fingerprint density at radius 2 is 1.70 bits per heavy atom. The van der Waals surface area contributed by atoms with Crippen LogP contribution in [0.3, 0.4) is 0 Å². The first kappa shape index (κ1) is 21.2. The minimum absolute atomic E-state index is 0.178. The largest absolute Gasteiger partial charge is 0.439 e. The molecule has 156 valence electrons. The molecule has 0 aliphatic heterocycles. The molecule has 1 aromatic heterocycles. The zero-order valence-corrected chi connectivity index (χ0v) is 16.3. The van der Waals surface area contributed by atoms with E-state index in [-0.39, 0.29) is 11.1 Å². The van der Waals surface area contributed by atoms with E-state index in [1.807, 2.05) is 32.2 Å². The highest BCUT2D eigenvalue weighted by molar-refractivity contribution is 6.04. The molecular formula is C22H20F3N3O2. The summed E-state index contributed by atoms with van der Waals surface area (Å²) in [4.78, 5) is 16.5. The van der Waals surface area contributed by atoms with Gasteiger partial charge >= 0.3 is 0 Å². The Bertz CT molecular complexity index is 1010. The van der Waals surface area contributed by atoms with Gasteiger partial charge in [0.1, 0.15) is 5.75 Å². The number of alkyl halides is 3. The molecule has 0 fully saturated rings. The third kappa shape index (κ3) is 5.08. The number of carbonyl (C=O) groups is 1. The molecular weight excluding hydrogens is 395 g/mol. The highest BCUT2D eigenvalue weighted by atomic mass is 19.3. The van der Waals surface area contributed by atoms with Crippen LogP contribution in [0.1, 0.15) is 27.7 Å². The standard InChI is InChI=1S/C22H20F3N3O2/c1-13-11-16(26-2)7-9-18(13)30-19-10-8-17(12-27-19)28-22(29)15-5-3-14(4-6-15)20(23)21(24)25/h3-12,20-21,26H,1-2H3,(H,28,29). The molecule has 0 spiro atoms. The van der Waals surface area contributed by atoms with Gasteiger partial charge in [-0.15, -0.1) is 0 Å². The van der Waals surface area contributed by atoms with Crippen LogP contribution in [-0.2, 0) is 0 Å². The maximum absolute atomic E-state index is 13.3. The molecule has 2 aromatic carbocycles. The van der Waals surface area contributed by atoms with E-state index >= 15 is 0 Å². The number of nitrogens with zero attached hydrogens (tertiary/aromatic N) is 1. The lowest BCUT2D eigenvalue weighted by Gasteiger charge is -2.11. The highest BCUT2D eigenvalue weighted by Crippen LogP contribution is 2.27. The van der Waals surface area contributed by atoms with Crippen molar-refractivity contribution in [2.45, 2.75) is 19.5 Å². The van der Waals surface area contributed by atoms with Crippen LogP contribution in [0.25, 0.3) is 0 Å². The van der Waals surface area contributed by atoms with Gasteiger partial charge in [0.2, 0.25) is 5.88 Å². The molecule has 8 heteroatoms. The Kier molecular flexibility index (Phi) is 6.56. The zero-order valence-electron chi connectivity index (χ0n) is 16.3. The number of nitrogens with one attached hydrogen (secondary N) is 2. The summed E-state index contributed by atoms with van der Waals surface area (Å²) in [5, 5.41) is 5.69. The van der Waals surface area contributed by atoms with E-state index < -0.39 is 18.5 Å². The normalized spacial score (nSPS) is 11.8. The third-order valence-electron chi connectivity index (χ3n) is 4.38. The Morgan fingerprint density at radius 1 is 1.00 bits per heavy atom. The third-order valence-corrected chi connectivity index (χ3v) is 4.38. The van der Waals surface area contributed by atoms with E-state index in [1.54, 1.807) is 12.1 Å². The number of halogens is 3. The number of amides is 1. The smallest absolute Gasteiger partial charge is 0.273 e. The number of benzene rings is 2. The van der Waals surface area contributed by atoms with Gasteiger partial charge in [0, 0.05) is 24.4 Å². The average molecular weight is 415 g/mol. The van der Waals surface area contributed by atoms with E-state index in [4.69, 9.17) is 4.74 Å². The second kappa shape index (κ2) is 9.30. The van der Waals surface area contributed by atoms with Gasteiger partial charge in [-0.1, -0.05) is 12.1 Å². The molecule has 0 aliphatic carbocycles. The summed E-state index contributed by atoms with van der Waals surface area (Å²) in [6, 6.07) is 13.8. The summed E-state index contributed by atoms with van der Waals surface area (Å²) in [5.41, 5.74) is 2.36. The molecule has 3 rings (SSSR count). The molecule has 0 aliphatic rings. The Morgan fingerprint density at radius 3 is 2.27 bits per heavy atom. The number of aromatic nitrogens is 1. The molecule has 2 N–H and O–H groups in total. The van der Waals surface area contributed by atoms with Gasteiger partial charge in [-0.05, 0) is 54.4 Å². The van der Waals surface area contributed by atoms with Crippen LogP contribution >= 0.6 is 0 Å². The number of hydrogen-bond acceptors (Lipinski definition) is 4. The fourth-order valence-electron chi connectivity index (χ4n) is 2.71. The zero-order chi connectivity index (χ0) is 21.7. The molecule has 1 atom stereocenters. The van der Waals surface area contributed by atoms with Crippen LogP contribution in [0.4, 0.5) is 24.5 Å². The van der Waals surface area contributed by atoms with E-state index in [9.17, 15) is 18.0 Å². The SMILES string of the molecule is CNc1ccc(Oc2ccc(NC(=O)c3ccc(C(F)C(F)F)cc3)cn2)c(C)c1. The topological polar surface area (TPSA) is 63.2 Å². The minimum atomic E-state index is -3.11. The number of anilines is 2. The van der Waals surface area contributed by atoms with Gasteiger partial charge in [-0.3, -0.25) is 4.79 Å². The van der Waals surface area contributed by atoms with Gasteiger partial charge in [-0.2, -0.15) is 0 Å². The Balaban J connectivity index is 1.63. The quantitative estimate of drug-likeness (QED) is 0.516. The van der Waals surface area contributed by atoms with E-state index in [0.29, 0.717) is 17.3 Å². The van der Waals surface area contributed by atoms with Crippen LogP contribution < -0.4 is 15.4 Å². The maximum Gasteiger partial charge on any atom is 0.273 e. The van der Waals surface area contributed by atoms with Crippen LogP contribution in [0.5, 0.6) is 11.6 Å². The second-order valence-corrected chi connectivity index (χ2v) is 6.53. The number of pyridine rings is 1. The van der Waals surface area contributed by atoms with E-state index in [0.717, 1.165) is 11.3 Å². The first-order valence-electron chi connectivity index (χ1n) is 9.13. The number of rotatable bonds is 7. The van der Waals surface area contributed by atoms with Crippen molar-refractivity contribution in [3.63, 3.8) is 0 Å².